The molecule has 0 aliphatic heterocycles. The van der Waals surface area contributed by atoms with Gasteiger partial charge in [0, 0.05) is 6.54 Å². The molecule has 2 rings (SSSR count). The minimum Gasteiger partial charge on any atom is -0.451 e. The van der Waals surface area contributed by atoms with Gasteiger partial charge < -0.3 is 10.5 Å². The predicted molar refractivity (Wildman–Crippen MR) is 70.2 cm³/mol. The largest absolute Gasteiger partial charge is 0.451 e. The van der Waals surface area contributed by atoms with Crippen molar-refractivity contribution in [1.29, 1.82) is 0 Å². The summed E-state index contributed by atoms with van der Waals surface area (Å²) in [6.07, 6.45) is 0. The average Bonchev–Trinajstić information content (AvgIpc) is 2.35. The lowest BCUT2D eigenvalue weighted by atomic mass is 10.1. The van der Waals surface area contributed by atoms with Crippen LogP contribution in [-0.2, 0) is 6.54 Å². The van der Waals surface area contributed by atoms with Crippen molar-refractivity contribution in [2.45, 2.75) is 20.4 Å². The van der Waals surface area contributed by atoms with Gasteiger partial charge in [-0.1, -0.05) is 17.7 Å². The van der Waals surface area contributed by atoms with Crippen LogP contribution in [0.15, 0.2) is 30.3 Å². The Labute approximate surface area is 110 Å². The van der Waals surface area contributed by atoms with Crippen LogP contribution >= 0.6 is 0 Å². The molecule has 0 atom stereocenters. The Morgan fingerprint density at radius 3 is 2.21 bits per heavy atom. The third kappa shape index (κ3) is 2.90. The highest BCUT2D eigenvalue weighted by Gasteiger charge is 2.14. The van der Waals surface area contributed by atoms with Crippen LogP contribution in [0.25, 0.3) is 0 Å². The van der Waals surface area contributed by atoms with E-state index in [0.717, 1.165) is 11.1 Å². The van der Waals surface area contributed by atoms with E-state index in [9.17, 15) is 8.78 Å². The number of hydrogen-bond donors (Lipinski definition) is 1. The maximum atomic E-state index is 13.8. The standard InChI is InChI=1S/C15H15F2NO/c1-9-3-4-14(10(2)5-9)19-15-12(16)6-11(8-18)7-13(15)17/h3-7H,8,18H2,1-2H3. The van der Waals surface area contributed by atoms with E-state index in [1.807, 2.05) is 26.0 Å². The van der Waals surface area contributed by atoms with Crippen molar-refractivity contribution < 1.29 is 13.5 Å². The molecular weight excluding hydrogens is 248 g/mol. The van der Waals surface area contributed by atoms with E-state index < -0.39 is 17.4 Å². The fourth-order valence-electron chi connectivity index (χ4n) is 1.85. The van der Waals surface area contributed by atoms with Crippen molar-refractivity contribution in [3.8, 4) is 11.5 Å². The molecule has 100 valence electrons. The second-order valence-electron chi connectivity index (χ2n) is 4.46. The normalized spacial score (nSPS) is 10.6. The molecule has 19 heavy (non-hydrogen) atoms. The van der Waals surface area contributed by atoms with E-state index in [0.29, 0.717) is 11.3 Å². The Hall–Kier alpha value is -1.94. The van der Waals surface area contributed by atoms with Gasteiger partial charge in [0.2, 0.25) is 0 Å². The molecule has 0 saturated heterocycles. The SMILES string of the molecule is Cc1ccc(Oc2c(F)cc(CN)cc2F)c(C)c1. The highest BCUT2D eigenvalue weighted by atomic mass is 19.1. The molecule has 2 aromatic carbocycles. The lowest BCUT2D eigenvalue weighted by molar-refractivity contribution is 0.404. The van der Waals surface area contributed by atoms with Crippen LogP contribution < -0.4 is 10.5 Å². The van der Waals surface area contributed by atoms with Crippen molar-refractivity contribution in [3.63, 3.8) is 0 Å². The van der Waals surface area contributed by atoms with Crippen LogP contribution in [0, 0.1) is 25.5 Å². The molecule has 0 fully saturated rings. The number of hydrogen-bond acceptors (Lipinski definition) is 2. The molecule has 0 radical (unpaired) electrons. The molecule has 0 heterocycles. The zero-order valence-corrected chi connectivity index (χ0v) is 10.8. The van der Waals surface area contributed by atoms with Gasteiger partial charge >= 0.3 is 0 Å². The summed E-state index contributed by atoms with van der Waals surface area (Å²) in [5.41, 5.74) is 7.63. The lowest BCUT2D eigenvalue weighted by Crippen LogP contribution is -2.01. The number of ether oxygens (including phenoxy) is 1. The maximum absolute atomic E-state index is 13.8. The summed E-state index contributed by atoms with van der Waals surface area (Å²) in [6, 6.07) is 7.77. The first-order chi connectivity index (χ1) is 9.01. The Kier molecular flexibility index (Phi) is 3.81. The Morgan fingerprint density at radius 1 is 1.05 bits per heavy atom. The number of aryl methyl sites for hydroxylation is 2. The van der Waals surface area contributed by atoms with Crippen LogP contribution in [0.3, 0.4) is 0 Å². The van der Waals surface area contributed by atoms with Gasteiger partial charge in [0.25, 0.3) is 0 Å². The average molecular weight is 263 g/mol. The number of benzene rings is 2. The zero-order chi connectivity index (χ0) is 14.0. The van der Waals surface area contributed by atoms with Gasteiger partial charge in [-0.25, -0.2) is 8.78 Å². The molecule has 0 aliphatic carbocycles. The van der Waals surface area contributed by atoms with Crippen molar-refractivity contribution in [3.05, 3.63) is 58.7 Å². The van der Waals surface area contributed by atoms with E-state index in [2.05, 4.69) is 0 Å². The third-order valence-corrected chi connectivity index (χ3v) is 2.84. The van der Waals surface area contributed by atoms with E-state index >= 15 is 0 Å². The van der Waals surface area contributed by atoms with Crippen molar-refractivity contribution in [2.75, 3.05) is 0 Å². The highest BCUT2D eigenvalue weighted by Crippen LogP contribution is 2.30. The predicted octanol–water partition coefficient (Wildman–Crippen LogP) is 3.83. The van der Waals surface area contributed by atoms with Gasteiger partial charge in [-0.05, 0) is 43.2 Å². The first-order valence-corrected chi connectivity index (χ1v) is 5.94. The van der Waals surface area contributed by atoms with E-state index in [4.69, 9.17) is 10.5 Å². The molecule has 2 nitrogen and oxygen atoms in total. The minimum absolute atomic E-state index is 0.0810. The summed E-state index contributed by atoms with van der Waals surface area (Å²) >= 11 is 0. The fourth-order valence-corrected chi connectivity index (χ4v) is 1.85. The maximum Gasteiger partial charge on any atom is 0.198 e. The Balaban J connectivity index is 2.38. The summed E-state index contributed by atoms with van der Waals surface area (Å²) in [6.45, 7) is 3.85. The van der Waals surface area contributed by atoms with Gasteiger partial charge in [-0.2, -0.15) is 0 Å². The highest BCUT2D eigenvalue weighted by molar-refractivity contribution is 5.41. The summed E-state index contributed by atoms with van der Waals surface area (Å²) in [4.78, 5) is 0. The third-order valence-electron chi connectivity index (χ3n) is 2.84. The molecule has 0 spiro atoms. The minimum atomic E-state index is -0.750. The topological polar surface area (TPSA) is 35.2 Å². The number of rotatable bonds is 3. The van der Waals surface area contributed by atoms with E-state index in [1.54, 1.807) is 6.07 Å². The zero-order valence-electron chi connectivity index (χ0n) is 10.8. The second-order valence-corrected chi connectivity index (χ2v) is 4.46. The molecule has 0 aliphatic rings. The van der Waals surface area contributed by atoms with Gasteiger partial charge in [-0.3, -0.25) is 0 Å². The molecule has 0 saturated carbocycles. The van der Waals surface area contributed by atoms with Crippen molar-refractivity contribution in [1.82, 2.24) is 0 Å². The number of nitrogens with two attached hydrogens (primary N) is 1. The Morgan fingerprint density at radius 2 is 1.68 bits per heavy atom. The first-order valence-electron chi connectivity index (χ1n) is 5.94. The second kappa shape index (κ2) is 5.36. The molecule has 2 N–H and O–H groups in total. The quantitative estimate of drug-likeness (QED) is 0.913. The van der Waals surface area contributed by atoms with Crippen LogP contribution in [0.1, 0.15) is 16.7 Å². The molecule has 0 bridgehead atoms. The molecular formula is C15H15F2NO. The van der Waals surface area contributed by atoms with Crippen LogP contribution in [0.4, 0.5) is 8.78 Å². The van der Waals surface area contributed by atoms with Crippen LogP contribution in [0.2, 0.25) is 0 Å². The van der Waals surface area contributed by atoms with Gasteiger partial charge in [0.15, 0.2) is 17.4 Å². The van der Waals surface area contributed by atoms with Crippen LogP contribution in [0.5, 0.6) is 11.5 Å². The van der Waals surface area contributed by atoms with Gasteiger partial charge in [-0.15, -0.1) is 0 Å². The van der Waals surface area contributed by atoms with Crippen molar-refractivity contribution in [2.24, 2.45) is 5.73 Å². The summed E-state index contributed by atoms with van der Waals surface area (Å²) < 4.78 is 32.9. The van der Waals surface area contributed by atoms with Gasteiger partial charge in [0.1, 0.15) is 5.75 Å². The Bertz CT molecular complexity index is 588. The van der Waals surface area contributed by atoms with Crippen LogP contribution in [-0.4, -0.2) is 0 Å². The summed E-state index contributed by atoms with van der Waals surface area (Å²) in [5, 5.41) is 0. The summed E-state index contributed by atoms with van der Waals surface area (Å²) in [5.74, 6) is -1.46. The monoisotopic (exact) mass is 263 g/mol. The number of halogens is 2. The van der Waals surface area contributed by atoms with E-state index in [-0.39, 0.29) is 6.54 Å². The molecule has 2 aromatic rings. The molecule has 4 heteroatoms. The summed E-state index contributed by atoms with van der Waals surface area (Å²) in [7, 11) is 0. The molecule has 0 unspecified atom stereocenters. The lowest BCUT2D eigenvalue weighted by Gasteiger charge is -2.11. The fraction of sp³-hybridized carbons (Fsp3) is 0.200. The van der Waals surface area contributed by atoms with Crippen molar-refractivity contribution >= 4 is 0 Å². The smallest absolute Gasteiger partial charge is 0.198 e. The van der Waals surface area contributed by atoms with E-state index in [1.165, 1.54) is 12.1 Å². The molecule has 0 amide bonds. The molecule has 0 aromatic heterocycles. The van der Waals surface area contributed by atoms with Gasteiger partial charge in [0.05, 0.1) is 0 Å². The first kappa shape index (κ1) is 13.5.